The van der Waals surface area contributed by atoms with E-state index in [-0.39, 0.29) is 12.2 Å². The number of hydrogen-bond donors (Lipinski definition) is 1. The van der Waals surface area contributed by atoms with Crippen molar-refractivity contribution in [2.45, 2.75) is 76.7 Å². The summed E-state index contributed by atoms with van der Waals surface area (Å²) in [5, 5.41) is 9.75. The van der Waals surface area contributed by atoms with Crippen molar-refractivity contribution < 1.29 is 24.1 Å². The maximum absolute atomic E-state index is 11.9. The Hall–Kier alpha value is -0.910. The molecule has 1 saturated heterocycles. The van der Waals surface area contributed by atoms with Crippen LogP contribution >= 0.6 is 0 Å². The number of hydrogen-bond acceptors (Lipinski definition) is 5. The van der Waals surface area contributed by atoms with Crippen molar-refractivity contribution in [3.05, 3.63) is 12.2 Å². The molecule has 0 spiro atoms. The molecular formula is C15H24O5. The maximum Gasteiger partial charge on any atom is 0.335 e. The van der Waals surface area contributed by atoms with Gasteiger partial charge in [-0.2, -0.15) is 0 Å². The minimum absolute atomic E-state index is 0.218. The third kappa shape index (κ3) is 3.59. The van der Waals surface area contributed by atoms with Gasteiger partial charge in [0.15, 0.2) is 11.9 Å². The minimum Gasteiger partial charge on any atom is -0.458 e. The average molecular weight is 284 g/mol. The molecule has 2 heterocycles. The van der Waals surface area contributed by atoms with Crippen LogP contribution in [-0.2, 0) is 19.0 Å². The molecule has 0 radical (unpaired) electrons. The summed E-state index contributed by atoms with van der Waals surface area (Å²) in [6.07, 6.45) is 4.43. The minimum atomic E-state index is -1.06. The number of esters is 1. The molecule has 0 saturated carbocycles. The zero-order valence-corrected chi connectivity index (χ0v) is 12.4. The van der Waals surface area contributed by atoms with Crippen molar-refractivity contribution in [3.63, 3.8) is 0 Å². The molecular weight excluding hydrogens is 260 g/mol. The van der Waals surface area contributed by atoms with Crippen LogP contribution in [0.3, 0.4) is 0 Å². The molecule has 2 aliphatic heterocycles. The van der Waals surface area contributed by atoms with E-state index in [9.17, 15) is 9.90 Å². The first kappa shape index (κ1) is 15.5. The quantitative estimate of drug-likeness (QED) is 0.620. The van der Waals surface area contributed by atoms with Crippen molar-refractivity contribution in [2.24, 2.45) is 0 Å². The van der Waals surface area contributed by atoms with E-state index in [0.717, 1.165) is 6.42 Å². The standard InChI is InChI=1S/C15H24O5/c1-4-7-11-13-12(19-15(2,3)20-13)9-6-5-8-10(16)14(17)18-11/h6,9-13,16H,4-5,7-8H2,1-3H3/b9-6+/t10-,11+,12-,13+/m0/s1. The third-order valence-corrected chi connectivity index (χ3v) is 3.58. The van der Waals surface area contributed by atoms with Gasteiger partial charge in [-0.15, -0.1) is 0 Å². The van der Waals surface area contributed by atoms with Crippen LogP contribution in [0.1, 0.15) is 46.5 Å². The highest BCUT2D eigenvalue weighted by atomic mass is 16.8. The summed E-state index contributed by atoms with van der Waals surface area (Å²) in [7, 11) is 0. The summed E-state index contributed by atoms with van der Waals surface area (Å²) in [6.45, 7) is 5.73. The Bertz CT molecular complexity index is 376. The van der Waals surface area contributed by atoms with Crippen LogP contribution in [0.15, 0.2) is 12.2 Å². The van der Waals surface area contributed by atoms with Crippen LogP contribution in [-0.4, -0.2) is 41.3 Å². The number of cyclic esters (lactones) is 1. The molecule has 2 rings (SSSR count). The predicted molar refractivity (Wildman–Crippen MR) is 73.0 cm³/mol. The number of aliphatic hydroxyl groups is 1. The molecule has 0 bridgehead atoms. The summed E-state index contributed by atoms with van der Waals surface area (Å²) < 4.78 is 17.2. The van der Waals surface area contributed by atoms with Gasteiger partial charge < -0.3 is 19.3 Å². The molecule has 0 aromatic heterocycles. The molecule has 0 aromatic rings. The topological polar surface area (TPSA) is 65.0 Å². The van der Waals surface area contributed by atoms with Crippen LogP contribution in [0.5, 0.6) is 0 Å². The highest BCUT2D eigenvalue weighted by Gasteiger charge is 2.45. The SMILES string of the molecule is CCC[C@H]1OC(=O)[C@@H](O)CC/C=C/[C@@H]2OC(C)(C)O[C@@H]21. The molecule has 2 aliphatic rings. The van der Waals surface area contributed by atoms with Gasteiger partial charge in [-0.3, -0.25) is 0 Å². The number of rotatable bonds is 2. The Labute approximate surface area is 119 Å². The van der Waals surface area contributed by atoms with Crippen LogP contribution in [0.2, 0.25) is 0 Å². The highest BCUT2D eigenvalue weighted by molar-refractivity contribution is 5.74. The molecule has 20 heavy (non-hydrogen) atoms. The smallest absolute Gasteiger partial charge is 0.335 e. The maximum atomic E-state index is 11.9. The van der Waals surface area contributed by atoms with Gasteiger partial charge in [-0.1, -0.05) is 25.5 Å². The van der Waals surface area contributed by atoms with Crippen molar-refractivity contribution in [1.29, 1.82) is 0 Å². The van der Waals surface area contributed by atoms with Crippen molar-refractivity contribution in [3.8, 4) is 0 Å². The van der Waals surface area contributed by atoms with Gasteiger partial charge >= 0.3 is 5.97 Å². The zero-order valence-electron chi connectivity index (χ0n) is 12.4. The zero-order chi connectivity index (χ0) is 14.8. The number of carbonyl (C=O) groups excluding carboxylic acids is 1. The van der Waals surface area contributed by atoms with Gasteiger partial charge in [-0.05, 0) is 33.1 Å². The molecule has 0 amide bonds. The lowest BCUT2D eigenvalue weighted by molar-refractivity contribution is -0.177. The lowest BCUT2D eigenvalue weighted by atomic mass is 10.0. The number of ether oxygens (including phenoxy) is 3. The summed E-state index contributed by atoms with van der Waals surface area (Å²) in [5.74, 6) is -1.25. The van der Waals surface area contributed by atoms with E-state index in [2.05, 4.69) is 0 Å². The fraction of sp³-hybridized carbons (Fsp3) is 0.800. The van der Waals surface area contributed by atoms with E-state index in [1.54, 1.807) is 0 Å². The van der Waals surface area contributed by atoms with Gasteiger partial charge in [0.25, 0.3) is 0 Å². The van der Waals surface area contributed by atoms with Crippen molar-refractivity contribution in [2.75, 3.05) is 0 Å². The number of aliphatic hydroxyl groups excluding tert-OH is 1. The van der Waals surface area contributed by atoms with Gasteiger partial charge in [0.1, 0.15) is 18.3 Å². The van der Waals surface area contributed by atoms with E-state index >= 15 is 0 Å². The second kappa shape index (κ2) is 6.24. The van der Waals surface area contributed by atoms with Crippen molar-refractivity contribution >= 4 is 5.97 Å². The summed E-state index contributed by atoms with van der Waals surface area (Å²) >= 11 is 0. The molecule has 0 unspecified atom stereocenters. The van der Waals surface area contributed by atoms with Crippen LogP contribution in [0.4, 0.5) is 0 Å². The molecule has 0 aromatic carbocycles. The fourth-order valence-corrected chi connectivity index (χ4v) is 2.66. The largest absolute Gasteiger partial charge is 0.458 e. The van der Waals surface area contributed by atoms with E-state index in [4.69, 9.17) is 14.2 Å². The predicted octanol–water partition coefficient (Wildman–Crippen LogP) is 1.93. The lowest BCUT2D eigenvalue weighted by Gasteiger charge is -2.27. The van der Waals surface area contributed by atoms with E-state index < -0.39 is 24.0 Å². The summed E-state index contributed by atoms with van der Waals surface area (Å²) in [6, 6.07) is 0. The molecule has 114 valence electrons. The second-order valence-corrected chi connectivity index (χ2v) is 5.85. The van der Waals surface area contributed by atoms with E-state index in [0.29, 0.717) is 19.3 Å². The molecule has 5 heteroatoms. The number of fused-ring (bicyclic) bond motifs is 1. The molecule has 4 atom stereocenters. The fourth-order valence-electron chi connectivity index (χ4n) is 2.66. The highest BCUT2D eigenvalue weighted by Crippen LogP contribution is 2.33. The first-order valence-corrected chi connectivity index (χ1v) is 7.34. The Morgan fingerprint density at radius 1 is 1.40 bits per heavy atom. The van der Waals surface area contributed by atoms with Crippen molar-refractivity contribution in [1.82, 2.24) is 0 Å². The van der Waals surface area contributed by atoms with Crippen LogP contribution in [0, 0.1) is 0 Å². The third-order valence-electron chi connectivity index (χ3n) is 3.58. The van der Waals surface area contributed by atoms with Crippen LogP contribution in [0.25, 0.3) is 0 Å². The van der Waals surface area contributed by atoms with Gasteiger partial charge in [0.05, 0.1) is 0 Å². The normalized spacial score (nSPS) is 38.9. The van der Waals surface area contributed by atoms with Gasteiger partial charge in [0, 0.05) is 0 Å². The van der Waals surface area contributed by atoms with Gasteiger partial charge in [-0.25, -0.2) is 4.79 Å². The molecule has 0 aliphatic carbocycles. The Morgan fingerprint density at radius 2 is 2.15 bits per heavy atom. The molecule has 1 N–H and O–H groups in total. The van der Waals surface area contributed by atoms with Crippen LogP contribution < -0.4 is 0 Å². The average Bonchev–Trinajstić information content (AvgIpc) is 2.68. The van der Waals surface area contributed by atoms with E-state index in [1.165, 1.54) is 0 Å². The molecule has 5 nitrogen and oxygen atoms in total. The van der Waals surface area contributed by atoms with E-state index in [1.807, 2.05) is 32.9 Å². The first-order chi connectivity index (χ1) is 9.43. The van der Waals surface area contributed by atoms with Gasteiger partial charge in [0.2, 0.25) is 0 Å². The second-order valence-electron chi connectivity index (χ2n) is 5.85. The monoisotopic (exact) mass is 284 g/mol. The molecule has 1 fully saturated rings. The number of carbonyl (C=O) groups is 1. The lowest BCUT2D eigenvalue weighted by Crippen LogP contribution is -2.40. The summed E-state index contributed by atoms with van der Waals surface area (Å²) in [4.78, 5) is 11.9. The Kier molecular flexibility index (Phi) is 4.83. The first-order valence-electron chi connectivity index (χ1n) is 7.34. The summed E-state index contributed by atoms with van der Waals surface area (Å²) in [5.41, 5.74) is 0. The Balaban J connectivity index is 2.22. The Morgan fingerprint density at radius 3 is 2.85 bits per heavy atom. The number of allylic oxidation sites excluding steroid dienone is 1.